The summed E-state index contributed by atoms with van der Waals surface area (Å²) in [6, 6.07) is 1.79. The fourth-order valence-corrected chi connectivity index (χ4v) is 1.38. The predicted molar refractivity (Wildman–Crippen MR) is 51.7 cm³/mol. The van der Waals surface area contributed by atoms with Crippen molar-refractivity contribution in [2.75, 3.05) is 13.7 Å². The number of ether oxygens (including phenoxy) is 1. The van der Waals surface area contributed by atoms with Crippen LogP contribution in [0.25, 0.3) is 0 Å². The second kappa shape index (κ2) is 4.76. The van der Waals surface area contributed by atoms with Gasteiger partial charge in [-0.15, -0.1) is 0 Å². The number of carbonyl (C=O) groups excluding carboxylic acids is 1. The molecule has 0 aliphatic rings. The molecule has 2 N–H and O–H groups in total. The highest BCUT2D eigenvalue weighted by atomic mass is 16.5. The van der Waals surface area contributed by atoms with E-state index in [-0.39, 0.29) is 12.5 Å². The van der Waals surface area contributed by atoms with Crippen molar-refractivity contribution in [2.24, 2.45) is 5.73 Å². The summed E-state index contributed by atoms with van der Waals surface area (Å²) in [6.07, 6.45) is 1.66. The summed E-state index contributed by atoms with van der Waals surface area (Å²) in [4.78, 5) is 11.4. The lowest BCUT2D eigenvalue weighted by Gasteiger charge is -2.13. The van der Waals surface area contributed by atoms with Gasteiger partial charge in [0.1, 0.15) is 5.92 Å². The maximum absolute atomic E-state index is 11.4. The van der Waals surface area contributed by atoms with Crippen LogP contribution in [0, 0.1) is 0 Å². The molecule has 0 amide bonds. The van der Waals surface area contributed by atoms with E-state index in [2.05, 4.69) is 9.84 Å². The number of nitrogens with zero attached hydrogens (tertiary/aromatic N) is 2. The van der Waals surface area contributed by atoms with E-state index in [0.29, 0.717) is 0 Å². The Bertz CT molecular complexity index is 309. The zero-order chi connectivity index (χ0) is 10.6. The summed E-state index contributed by atoms with van der Waals surface area (Å²) >= 11 is 0. The molecule has 0 saturated carbocycles. The van der Waals surface area contributed by atoms with E-state index in [9.17, 15) is 4.79 Å². The third-order valence-electron chi connectivity index (χ3n) is 2.13. The molecule has 1 aromatic heterocycles. The van der Waals surface area contributed by atoms with E-state index >= 15 is 0 Å². The molecule has 14 heavy (non-hydrogen) atoms. The van der Waals surface area contributed by atoms with Gasteiger partial charge >= 0.3 is 5.97 Å². The van der Waals surface area contributed by atoms with Gasteiger partial charge in [0.05, 0.1) is 12.8 Å². The second-order valence-electron chi connectivity index (χ2n) is 2.88. The molecule has 1 heterocycles. The van der Waals surface area contributed by atoms with Crippen LogP contribution in [0.15, 0.2) is 12.3 Å². The molecule has 5 nitrogen and oxygen atoms in total. The lowest BCUT2D eigenvalue weighted by atomic mass is 10.1. The molecule has 78 valence electrons. The van der Waals surface area contributed by atoms with Gasteiger partial charge in [0.25, 0.3) is 0 Å². The molecule has 0 bridgehead atoms. The molecule has 1 unspecified atom stereocenters. The van der Waals surface area contributed by atoms with E-state index in [0.717, 1.165) is 12.2 Å². The van der Waals surface area contributed by atoms with Crippen molar-refractivity contribution in [1.29, 1.82) is 0 Å². The van der Waals surface area contributed by atoms with Gasteiger partial charge < -0.3 is 10.5 Å². The molecular formula is C9H15N3O2. The first-order valence-corrected chi connectivity index (χ1v) is 4.54. The second-order valence-corrected chi connectivity index (χ2v) is 2.88. The third-order valence-corrected chi connectivity index (χ3v) is 2.13. The molecule has 5 heteroatoms. The zero-order valence-corrected chi connectivity index (χ0v) is 8.43. The lowest BCUT2D eigenvalue weighted by Crippen LogP contribution is -2.25. The third kappa shape index (κ3) is 1.93. The summed E-state index contributed by atoms with van der Waals surface area (Å²) in [5, 5.41) is 4.07. The van der Waals surface area contributed by atoms with E-state index in [1.807, 2.05) is 6.92 Å². The van der Waals surface area contributed by atoms with Crippen LogP contribution >= 0.6 is 0 Å². The minimum absolute atomic E-state index is 0.234. The van der Waals surface area contributed by atoms with E-state index in [4.69, 9.17) is 5.73 Å². The number of nitrogens with two attached hydrogens (primary N) is 1. The topological polar surface area (TPSA) is 70.1 Å². The highest BCUT2D eigenvalue weighted by Gasteiger charge is 2.22. The van der Waals surface area contributed by atoms with Crippen molar-refractivity contribution in [3.05, 3.63) is 18.0 Å². The zero-order valence-electron chi connectivity index (χ0n) is 8.43. The molecule has 0 radical (unpaired) electrons. The Morgan fingerprint density at radius 2 is 2.50 bits per heavy atom. The lowest BCUT2D eigenvalue weighted by molar-refractivity contribution is -0.142. The van der Waals surface area contributed by atoms with Crippen molar-refractivity contribution in [3.8, 4) is 0 Å². The summed E-state index contributed by atoms with van der Waals surface area (Å²) in [5.74, 6) is -0.731. The molecule has 0 fully saturated rings. The van der Waals surface area contributed by atoms with Gasteiger partial charge in [0.15, 0.2) is 0 Å². The van der Waals surface area contributed by atoms with Gasteiger partial charge in [-0.25, -0.2) is 0 Å². The number of carbonyl (C=O) groups is 1. The molecule has 0 aromatic carbocycles. The van der Waals surface area contributed by atoms with E-state index < -0.39 is 5.92 Å². The quantitative estimate of drug-likeness (QED) is 0.696. The summed E-state index contributed by atoms with van der Waals surface area (Å²) < 4.78 is 6.41. The van der Waals surface area contributed by atoms with Crippen LogP contribution < -0.4 is 5.73 Å². The molecular weight excluding hydrogens is 182 g/mol. The Balaban J connectivity index is 2.94. The Labute approximate surface area is 82.8 Å². The Kier molecular flexibility index (Phi) is 3.64. The number of hydrogen-bond acceptors (Lipinski definition) is 4. The van der Waals surface area contributed by atoms with Crippen molar-refractivity contribution in [3.63, 3.8) is 0 Å². The van der Waals surface area contributed by atoms with Gasteiger partial charge in [-0.2, -0.15) is 5.10 Å². The minimum Gasteiger partial charge on any atom is -0.468 e. The fourth-order valence-electron chi connectivity index (χ4n) is 1.38. The van der Waals surface area contributed by atoms with Crippen LogP contribution in [-0.4, -0.2) is 29.4 Å². The largest absolute Gasteiger partial charge is 0.468 e. The summed E-state index contributed by atoms with van der Waals surface area (Å²) in [6.45, 7) is 2.91. The van der Waals surface area contributed by atoms with Crippen molar-refractivity contribution in [2.45, 2.75) is 19.4 Å². The maximum Gasteiger partial charge on any atom is 0.316 e. The number of aromatic nitrogens is 2. The van der Waals surface area contributed by atoms with Crippen LogP contribution in [0.4, 0.5) is 0 Å². The van der Waals surface area contributed by atoms with Crippen LogP contribution in [0.2, 0.25) is 0 Å². The SMILES string of the molecule is CCn1nccc1C(CN)C(=O)OC. The smallest absolute Gasteiger partial charge is 0.316 e. The predicted octanol–water partition coefficient (Wildman–Crippen LogP) is 0.118. The fraction of sp³-hybridized carbons (Fsp3) is 0.556. The van der Waals surface area contributed by atoms with E-state index in [1.54, 1.807) is 16.9 Å². The maximum atomic E-state index is 11.4. The highest BCUT2D eigenvalue weighted by Crippen LogP contribution is 2.15. The molecule has 0 saturated heterocycles. The molecule has 0 aliphatic heterocycles. The Hall–Kier alpha value is -1.36. The number of esters is 1. The molecule has 1 aromatic rings. The summed E-state index contributed by atoms with van der Waals surface area (Å²) in [7, 11) is 1.36. The van der Waals surface area contributed by atoms with Gasteiger partial charge in [0.2, 0.25) is 0 Å². The molecule has 0 aliphatic carbocycles. The monoisotopic (exact) mass is 197 g/mol. The van der Waals surface area contributed by atoms with Crippen molar-refractivity contribution < 1.29 is 9.53 Å². The first kappa shape index (κ1) is 10.7. The van der Waals surface area contributed by atoms with Crippen LogP contribution in [0.1, 0.15) is 18.5 Å². The van der Waals surface area contributed by atoms with Gasteiger partial charge in [-0.05, 0) is 13.0 Å². The average molecular weight is 197 g/mol. The van der Waals surface area contributed by atoms with Gasteiger partial charge in [-0.3, -0.25) is 9.48 Å². The van der Waals surface area contributed by atoms with Gasteiger partial charge in [-0.1, -0.05) is 0 Å². The number of aryl methyl sites for hydroxylation is 1. The van der Waals surface area contributed by atoms with Crippen LogP contribution in [-0.2, 0) is 16.1 Å². The molecule has 1 rings (SSSR count). The van der Waals surface area contributed by atoms with Gasteiger partial charge in [0, 0.05) is 19.3 Å². The number of rotatable bonds is 4. The minimum atomic E-state index is -0.414. The standard InChI is InChI=1S/C9H15N3O2/c1-3-12-8(4-5-11-12)7(6-10)9(13)14-2/h4-5,7H,3,6,10H2,1-2H3. The van der Waals surface area contributed by atoms with Crippen molar-refractivity contribution in [1.82, 2.24) is 9.78 Å². The number of hydrogen-bond donors (Lipinski definition) is 1. The first-order valence-electron chi connectivity index (χ1n) is 4.54. The van der Waals surface area contributed by atoms with E-state index in [1.165, 1.54) is 7.11 Å². The van der Waals surface area contributed by atoms with Crippen LogP contribution in [0.5, 0.6) is 0 Å². The Morgan fingerprint density at radius 1 is 1.79 bits per heavy atom. The van der Waals surface area contributed by atoms with Crippen molar-refractivity contribution >= 4 is 5.97 Å². The average Bonchev–Trinajstić information content (AvgIpc) is 2.66. The number of methoxy groups -OCH3 is 1. The molecule has 0 spiro atoms. The normalized spacial score (nSPS) is 12.5. The summed E-state index contributed by atoms with van der Waals surface area (Å²) in [5.41, 5.74) is 6.33. The van der Waals surface area contributed by atoms with Crippen LogP contribution in [0.3, 0.4) is 0 Å². The highest BCUT2D eigenvalue weighted by molar-refractivity contribution is 5.77. The first-order chi connectivity index (χ1) is 6.74. The Morgan fingerprint density at radius 3 is 3.00 bits per heavy atom. The molecule has 1 atom stereocenters.